The van der Waals surface area contributed by atoms with Crippen LogP contribution in [0.1, 0.15) is 0 Å². The maximum Gasteiger partial charge on any atom is 0.290 e. The third-order valence-electron chi connectivity index (χ3n) is 0. The Morgan fingerprint density at radius 1 is 1.00 bits per heavy atom. The summed E-state index contributed by atoms with van der Waals surface area (Å²) in [7, 11) is 0. The first-order valence-corrected chi connectivity index (χ1v) is 0.494. The Morgan fingerprint density at radius 3 is 1.00 bits per heavy atom. The number of carboxylic acid groups (broad SMARTS) is 1. The summed E-state index contributed by atoms with van der Waals surface area (Å²) in [6, 6.07) is 0. The summed E-state index contributed by atoms with van der Waals surface area (Å²) in [5.41, 5.74) is 0. The van der Waals surface area contributed by atoms with Gasteiger partial charge in [-0.1, -0.05) is 0 Å². The minimum atomic E-state index is -0.250. The maximum absolute atomic E-state index is 8.36. The molecule has 1 N–H and O–H groups in total. The molecule has 0 bridgehead atoms. The number of carbonyl (C=O) groups is 1. The summed E-state index contributed by atoms with van der Waals surface area (Å²) in [4.78, 5) is 8.36. The van der Waals surface area contributed by atoms with Gasteiger partial charge in [0.05, 0.1) is 0 Å². The van der Waals surface area contributed by atoms with Gasteiger partial charge in [-0.15, -0.1) is 49.6 Å². The molecule has 0 aromatic carbocycles. The van der Waals surface area contributed by atoms with Crippen LogP contribution < -0.4 is 0 Å². The molecule has 7 heteroatoms. The number of hydrogen-bond acceptors (Lipinski definition) is 1. The van der Waals surface area contributed by atoms with Crippen LogP contribution in [0.3, 0.4) is 0 Å². The average molecular weight is 240 g/mol. The van der Waals surface area contributed by atoms with Gasteiger partial charge in [0.2, 0.25) is 0 Å². The van der Waals surface area contributed by atoms with Crippen molar-refractivity contribution in [2.45, 2.75) is 0 Å². The van der Waals surface area contributed by atoms with E-state index in [0.717, 1.165) is 0 Å². The fourth-order valence-corrected chi connectivity index (χ4v) is 0. The predicted octanol–water partition coefficient (Wildman–Crippen LogP) is 1.39. The van der Waals surface area contributed by atoms with Crippen molar-refractivity contribution in [2.75, 3.05) is 0 Å². The van der Waals surface area contributed by atoms with E-state index in [1.165, 1.54) is 0 Å². The van der Waals surface area contributed by atoms with E-state index in [2.05, 4.69) is 0 Å². The number of rotatable bonds is 0. The second-order valence-corrected chi connectivity index (χ2v) is 0.105. The summed E-state index contributed by atoms with van der Waals surface area (Å²) in [6.07, 6.45) is 0. The summed E-state index contributed by atoms with van der Waals surface area (Å²) in [5.74, 6) is 0. The Balaban J connectivity index is -0.00000000200. The molecule has 0 atom stereocenters. The fourth-order valence-electron chi connectivity index (χ4n) is 0. The van der Waals surface area contributed by atoms with E-state index in [1.807, 2.05) is 0 Å². The standard InChI is InChI=1S/CH2O2.4ClH.Ti/c2-1-3;;;;;/h1H,(H,2,3);4*1H;. The molecule has 8 heavy (non-hydrogen) atoms. The molecule has 0 unspecified atom stereocenters. The van der Waals surface area contributed by atoms with Crippen molar-refractivity contribution in [1.29, 1.82) is 0 Å². The van der Waals surface area contributed by atoms with Gasteiger partial charge in [-0.25, -0.2) is 0 Å². The molecule has 0 spiro atoms. The van der Waals surface area contributed by atoms with Gasteiger partial charge in [0.25, 0.3) is 6.47 Å². The monoisotopic (exact) mass is 238 g/mol. The normalized spacial score (nSPS) is 1.50. The van der Waals surface area contributed by atoms with Crippen molar-refractivity contribution in [3.05, 3.63) is 0 Å². The maximum atomic E-state index is 8.36. The molecule has 0 rings (SSSR count). The summed E-state index contributed by atoms with van der Waals surface area (Å²) >= 11 is 0. The molecule has 0 fully saturated rings. The van der Waals surface area contributed by atoms with E-state index in [1.54, 1.807) is 0 Å². The molecular weight excluding hydrogens is 234 g/mol. The molecule has 0 aromatic heterocycles. The van der Waals surface area contributed by atoms with E-state index in [-0.39, 0.29) is 77.8 Å². The van der Waals surface area contributed by atoms with Crippen LogP contribution in [0.4, 0.5) is 0 Å². The van der Waals surface area contributed by atoms with Gasteiger partial charge >= 0.3 is 0 Å². The molecule has 2 nitrogen and oxygen atoms in total. The molecule has 0 saturated heterocycles. The molecule has 54 valence electrons. The van der Waals surface area contributed by atoms with Gasteiger partial charge in [0, 0.05) is 21.7 Å². The first-order chi connectivity index (χ1) is 1.41. The van der Waals surface area contributed by atoms with Crippen molar-refractivity contribution in [3.63, 3.8) is 0 Å². The van der Waals surface area contributed by atoms with Gasteiger partial charge < -0.3 is 5.11 Å². The van der Waals surface area contributed by atoms with Gasteiger partial charge in [-0.05, 0) is 0 Å². The Labute approximate surface area is 87.3 Å². The second-order valence-electron chi connectivity index (χ2n) is 0.105. The molecular formula is CH6Cl4O2Ti. The van der Waals surface area contributed by atoms with Crippen LogP contribution >= 0.6 is 49.6 Å². The summed E-state index contributed by atoms with van der Waals surface area (Å²) in [5, 5.41) is 6.89. The Hall–Kier alpha value is 1.34. The third-order valence-corrected chi connectivity index (χ3v) is 0. The number of hydrogen-bond donors (Lipinski definition) is 1. The number of halogens is 4. The zero-order chi connectivity index (χ0) is 2.71. The van der Waals surface area contributed by atoms with Gasteiger partial charge in [0.15, 0.2) is 0 Å². The molecule has 0 radical (unpaired) electrons. The fraction of sp³-hybridized carbons (Fsp3) is 0. The van der Waals surface area contributed by atoms with Gasteiger partial charge in [-0.3, -0.25) is 4.79 Å². The van der Waals surface area contributed by atoms with Crippen LogP contribution in [0.15, 0.2) is 0 Å². The van der Waals surface area contributed by atoms with E-state index >= 15 is 0 Å². The molecule has 0 saturated carbocycles. The molecule has 0 aliphatic rings. The minimum absolute atomic E-state index is 0. The van der Waals surface area contributed by atoms with Crippen LogP contribution in [0, 0.1) is 0 Å². The SMILES string of the molecule is Cl.Cl.Cl.Cl.O=CO.[Ti]. The van der Waals surface area contributed by atoms with Crippen LogP contribution in [0.2, 0.25) is 0 Å². The zero-order valence-electron chi connectivity index (χ0n) is 3.57. The summed E-state index contributed by atoms with van der Waals surface area (Å²) in [6.45, 7) is -0.250. The first-order valence-electron chi connectivity index (χ1n) is 0.494. The van der Waals surface area contributed by atoms with Crippen LogP contribution in [-0.4, -0.2) is 11.6 Å². The van der Waals surface area contributed by atoms with Crippen LogP contribution in [-0.2, 0) is 26.5 Å². The van der Waals surface area contributed by atoms with Crippen molar-refractivity contribution in [3.8, 4) is 0 Å². The minimum Gasteiger partial charge on any atom is -0.483 e. The smallest absolute Gasteiger partial charge is 0.290 e. The van der Waals surface area contributed by atoms with Crippen LogP contribution in [0.5, 0.6) is 0 Å². The third kappa shape index (κ3) is 164. The van der Waals surface area contributed by atoms with Crippen molar-refractivity contribution in [2.24, 2.45) is 0 Å². The Kier molecular flexibility index (Phi) is 596. The van der Waals surface area contributed by atoms with Crippen LogP contribution in [0.25, 0.3) is 0 Å². The van der Waals surface area contributed by atoms with Crippen molar-refractivity contribution < 1.29 is 31.6 Å². The second kappa shape index (κ2) is 81.9. The topological polar surface area (TPSA) is 37.3 Å². The van der Waals surface area contributed by atoms with Gasteiger partial charge in [0.1, 0.15) is 0 Å². The zero-order valence-corrected chi connectivity index (χ0v) is 8.39. The van der Waals surface area contributed by atoms with E-state index in [9.17, 15) is 0 Å². The molecule has 0 aliphatic carbocycles. The molecule has 0 aromatic rings. The van der Waals surface area contributed by atoms with E-state index in [0.29, 0.717) is 0 Å². The van der Waals surface area contributed by atoms with Crippen molar-refractivity contribution >= 4 is 56.1 Å². The van der Waals surface area contributed by atoms with E-state index in [4.69, 9.17) is 9.90 Å². The first kappa shape index (κ1) is 58.2. The quantitative estimate of drug-likeness (QED) is 0.512. The van der Waals surface area contributed by atoms with Crippen molar-refractivity contribution in [1.82, 2.24) is 0 Å². The Bertz CT molecular complexity index is 21.5. The summed E-state index contributed by atoms with van der Waals surface area (Å²) < 4.78 is 0. The average Bonchev–Trinajstić information content (AvgIpc) is 0.918. The predicted molar refractivity (Wildman–Crippen MR) is 37.7 cm³/mol. The largest absolute Gasteiger partial charge is 0.483 e. The Morgan fingerprint density at radius 2 is 1.00 bits per heavy atom. The molecule has 0 aliphatic heterocycles. The van der Waals surface area contributed by atoms with E-state index < -0.39 is 0 Å². The van der Waals surface area contributed by atoms with Gasteiger partial charge in [-0.2, -0.15) is 0 Å². The molecule has 0 amide bonds. The molecule has 0 heterocycles.